The van der Waals surface area contributed by atoms with Crippen molar-refractivity contribution in [3.8, 4) is 0 Å². The van der Waals surface area contributed by atoms with Crippen LogP contribution in [0.4, 0.5) is 11.5 Å². The Morgan fingerprint density at radius 3 is 2.58 bits per heavy atom. The summed E-state index contributed by atoms with van der Waals surface area (Å²) in [6.07, 6.45) is 3.89. The molecule has 0 radical (unpaired) electrons. The largest absolute Gasteiger partial charge is 0.376 e. The Morgan fingerprint density at radius 1 is 1.12 bits per heavy atom. The molecule has 0 atom stereocenters. The molecule has 3 aromatic rings. The van der Waals surface area contributed by atoms with Crippen molar-refractivity contribution in [3.63, 3.8) is 0 Å². The molecule has 0 spiro atoms. The number of fused-ring (bicyclic) bond motifs is 1. The van der Waals surface area contributed by atoms with Gasteiger partial charge >= 0.3 is 0 Å². The maximum atomic E-state index is 4.73. The third kappa shape index (κ3) is 3.92. The Morgan fingerprint density at radius 2 is 1.92 bits per heavy atom. The summed E-state index contributed by atoms with van der Waals surface area (Å²) in [4.78, 5) is 4.37. The zero-order valence-electron chi connectivity index (χ0n) is 15.9. The Balaban J connectivity index is 1.96. The molecule has 0 saturated carbocycles. The second-order valence-electron chi connectivity index (χ2n) is 6.72. The first-order valence-electron chi connectivity index (χ1n) is 9.29. The van der Waals surface area contributed by atoms with E-state index in [2.05, 4.69) is 53.5 Å². The van der Waals surface area contributed by atoms with E-state index >= 15 is 0 Å². The number of anilines is 2. The normalized spacial score (nSPS) is 11.5. The number of aromatic nitrogens is 5. The number of nitrogens with one attached hydrogen (secondary N) is 2. The molecule has 0 amide bonds. The molecular formula is C19H27N7. The maximum Gasteiger partial charge on any atom is 0.201 e. The Bertz CT molecular complexity index is 838. The second-order valence-corrected chi connectivity index (χ2v) is 6.72. The van der Waals surface area contributed by atoms with Gasteiger partial charge in [-0.25, -0.2) is 0 Å². The first kappa shape index (κ1) is 18.1. The molecule has 0 unspecified atom stereocenters. The van der Waals surface area contributed by atoms with E-state index in [1.165, 1.54) is 0 Å². The molecule has 7 nitrogen and oxygen atoms in total. The van der Waals surface area contributed by atoms with E-state index in [-0.39, 0.29) is 5.92 Å². The molecular weight excluding hydrogens is 326 g/mol. The van der Waals surface area contributed by atoms with Crippen LogP contribution >= 0.6 is 0 Å². The molecule has 3 rings (SSSR count). The van der Waals surface area contributed by atoms with Crippen LogP contribution in [0.1, 0.15) is 58.0 Å². The van der Waals surface area contributed by atoms with Crippen molar-refractivity contribution in [3.05, 3.63) is 42.0 Å². The van der Waals surface area contributed by atoms with Gasteiger partial charge in [-0.1, -0.05) is 33.8 Å². The van der Waals surface area contributed by atoms with Crippen LogP contribution in [-0.4, -0.2) is 30.8 Å². The maximum absolute atomic E-state index is 4.73. The molecule has 3 heterocycles. The van der Waals surface area contributed by atoms with Gasteiger partial charge in [-0.3, -0.25) is 4.98 Å². The van der Waals surface area contributed by atoms with E-state index in [9.17, 15) is 0 Å². The highest BCUT2D eigenvalue weighted by Crippen LogP contribution is 2.23. The highest BCUT2D eigenvalue weighted by molar-refractivity contribution is 5.70. The highest BCUT2D eigenvalue weighted by atomic mass is 15.4. The summed E-state index contributed by atoms with van der Waals surface area (Å²) in [6.45, 7) is 9.17. The second kappa shape index (κ2) is 8.12. The number of hydrogen-bond acceptors (Lipinski definition) is 6. The highest BCUT2D eigenvalue weighted by Gasteiger charge is 2.16. The zero-order chi connectivity index (χ0) is 18.5. The minimum Gasteiger partial charge on any atom is -0.376 e. The van der Waals surface area contributed by atoms with Crippen LogP contribution in [0, 0.1) is 0 Å². The smallest absolute Gasteiger partial charge is 0.201 e. The lowest BCUT2D eigenvalue weighted by atomic mass is 10.2. The molecule has 26 heavy (non-hydrogen) atoms. The van der Waals surface area contributed by atoms with Gasteiger partial charge in [-0.2, -0.15) is 4.52 Å². The third-order valence-electron chi connectivity index (χ3n) is 4.43. The summed E-state index contributed by atoms with van der Waals surface area (Å²) in [7, 11) is 0. The van der Waals surface area contributed by atoms with E-state index in [0.29, 0.717) is 12.6 Å². The van der Waals surface area contributed by atoms with E-state index in [0.717, 1.165) is 41.5 Å². The Hall–Kier alpha value is -2.70. The number of rotatable bonds is 8. The fourth-order valence-corrected chi connectivity index (χ4v) is 2.85. The quantitative estimate of drug-likeness (QED) is 0.640. The van der Waals surface area contributed by atoms with Crippen molar-refractivity contribution in [2.24, 2.45) is 0 Å². The predicted molar refractivity (Wildman–Crippen MR) is 104 cm³/mol. The molecule has 0 aliphatic rings. The van der Waals surface area contributed by atoms with Crippen LogP contribution in [0.3, 0.4) is 0 Å². The average Bonchev–Trinajstić information content (AvgIpc) is 3.09. The first-order valence-corrected chi connectivity index (χ1v) is 9.29. The SMILES string of the molecule is CCC(CC)Nc1cc(NCc2ccccn2)c2nnc(C(C)C)n2n1. The molecule has 3 aromatic heterocycles. The van der Waals surface area contributed by atoms with Crippen LogP contribution < -0.4 is 10.6 Å². The molecule has 138 valence electrons. The van der Waals surface area contributed by atoms with Crippen molar-refractivity contribution in [1.29, 1.82) is 0 Å². The molecule has 0 aromatic carbocycles. The number of pyridine rings is 1. The van der Waals surface area contributed by atoms with Crippen LogP contribution in [0.25, 0.3) is 5.65 Å². The van der Waals surface area contributed by atoms with Gasteiger partial charge in [0.05, 0.1) is 17.9 Å². The van der Waals surface area contributed by atoms with Crippen LogP contribution in [0.2, 0.25) is 0 Å². The summed E-state index contributed by atoms with van der Waals surface area (Å²) >= 11 is 0. The molecule has 2 N–H and O–H groups in total. The number of nitrogens with zero attached hydrogens (tertiary/aromatic N) is 5. The van der Waals surface area contributed by atoms with Gasteiger partial charge in [0, 0.05) is 24.2 Å². The zero-order valence-corrected chi connectivity index (χ0v) is 15.9. The average molecular weight is 353 g/mol. The van der Waals surface area contributed by atoms with Crippen molar-refractivity contribution >= 4 is 17.2 Å². The van der Waals surface area contributed by atoms with Gasteiger partial charge in [0.15, 0.2) is 5.82 Å². The van der Waals surface area contributed by atoms with E-state index in [1.54, 1.807) is 6.20 Å². The van der Waals surface area contributed by atoms with Gasteiger partial charge in [-0.15, -0.1) is 15.3 Å². The summed E-state index contributed by atoms with van der Waals surface area (Å²) in [6, 6.07) is 8.30. The Kier molecular flexibility index (Phi) is 5.65. The lowest BCUT2D eigenvalue weighted by molar-refractivity contribution is 0.661. The monoisotopic (exact) mass is 353 g/mol. The van der Waals surface area contributed by atoms with Crippen molar-refractivity contribution in [2.75, 3.05) is 10.6 Å². The van der Waals surface area contributed by atoms with Crippen LogP contribution in [0.15, 0.2) is 30.5 Å². The molecule has 7 heteroatoms. The van der Waals surface area contributed by atoms with Crippen molar-refractivity contribution < 1.29 is 0 Å². The van der Waals surface area contributed by atoms with E-state index in [4.69, 9.17) is 5.10 Å². The summed E-state index contributed by atoms with van der Waals surface area (Å²) in [5.74, 6) is 1.93. The standard InChI is InChI=1S/C19H27N7/c1-5-14(6-2)22-17-11-16(21-12-15-9-7-8-10-20-15)19-24-23-18(13(3)4)26(19)25-17/h7-11,13-14,21H,5-6,12H2,1-4H3,(H,22,25). The van der Waals surface area contributed by atoms with Gasteiger partial charge in [0.2, 0.25) is 5.65 Å². The lowest BCUT2D eigenvalue weighted by Gasteiger charge is -2.17. The number of hydrogen-bond donors (Lipinski definition) is 2. The first-order chi connectivity index (χ1) is 12.6. The fraction of sp³-hybridized carbons (Fsp3) is 0.474. The van der Waals surface area contributed by atoms with Gasteiger partial charge in [-0.05, 0) is 25.0 Å². The van der Waals surface area contributed by atoms with Gasteiger partial charge in [0.25, 0.3) is 0 Å². The molecule has 0 aliphatic carbocycles. The molecule has 0 fully saturated rings. The minimum absolute atomic E-state index is 0.240. The van der Waals surface area contributed by atoms with Crippen molar-refractivity contribution in [1.82, 2.24) is 24.8 Å². The third-order valence-corrected chi connectivity index (χ3v) is 4.43. The molecule has 0 bridgehead atoms. The fourth-order valence-electron chi connectivity index (χ4n) is 2.85. The van der Waals surface area contributed by atoms with E-state index in [1.807, 2.05) is 28.8 Å². The summed E-state index contributed by atoms with van der Waals surface area (Å²) < 4.78 is 1.84. The van der Waals surface area contributed by atoms with Gasteiger partial charge < -0.3 is 10.6 Å². The predicted octanol–water partition coefficient (Wildman–Crippen LogP) is 3.86. The lowest BCUT2D eigenvalue weighted by Crippen LogP contribution is -2.19. The summed E-state index contributed by atoms with van der Waals surface area (Å²) in [5, 5.41) is 20.4. The molecule has 0 saturated heterocycles. The topological polar surface area (TPSA) is 80.0 Å². The summed E-state index contributed by atoms with van der Waals surface area (Å²) in [5.41, 5.74) is 2.61. The molecule has 0 aliphatic heterocycles. The van der Waals surface area contributed by atoms with Gasteiger partial charge in [0.1, 0.15) is 5.82 Å². The van der Waals surface area contributed by atoms with E-state index < -0.39 is 0 Å². The van der Waals surface area contributed by atoms with Crippen molar-refractivity contribution in [2.45, 2.75) is 59.0 Å². The Labute approximate surface area is 154 Å². The van der Waals surface area contributed by atoms with Crippen LogP contribution in [0.5, 0.6) is 0 Å². The minimum atomic E-state index is 0.240. The van der Waals surface area contributed by atoms with Crippen LogP contribution in [-0.2, 0) is 6.54 Å².